The van der Waals surface area contributed by atoms with Gasteiger partial charge in [0.1, 0.15) is 0 Å². The smallest absolute Gasteiger partial charge is 0.247 e. The Morgan fingerprint density at radius 3 is 2.81 bits per heavy atom. The normalized spacial score (nSPS) is 10.7. The average Bonchev–Trinajstić information content (AvgIpc) is 3.18. The first kappa shape index (κ1) is 13.4. The van der Waals surface area contributed by atoms with Gasteiger partial charge >= 0.3 is 0 Å². The second-order valence-electron chi connectivity index (χ2n) is 4.79. The van der Waals surface area contributed by atoms with Crippen LogP contribution >= 0.6 is 0 Å². The van der Waals surface area contributed by atoms with Gasteiger partial charge in [0.05, 0.1) is 6.20 Å². The molecule has 108 valence electrons. The van der Waals surface area contributed by atoms with Gasteiger partial charge < -0.3 is 9.73 Å². The first-order valence-corrected chi connectivity index (χ1v) is 6.97. The van der Waals surface area contributed by atoms with Crippen LogP contribution in [0.4, 0.5) is 5.69 Å². The first-order valence-electron chi connectivity index (χ1n) is 6.97. The highest BCUT2D eigenvalue weighted by Gasteiger charge is 2.03. The highest BCUT2D eigenvalue weighted by atomic mass is 16.4. The van der Waals surface area contributed by atoms with Gasteiger partial charge in [-0.2, -0.15) is 5.10 Å². The molecule has 0 aliphatic carbocycles. The summed E-state index contributed by atoms with van der Waals surface area (Å²) in [6.07, 6.45) is 6.39. The van der Waals surface area contributed by atoms with Gasteiger partial charge in [-0.1, -0.05) is 6.92 Å². The molecule has 0 atom stereocenters. The van der Waals surface area contributed by atoms with Crippen molar-refractivity contribution in [2.75, 3.05) is 5.32 Å². The molecule has 1 N–H and O–H groups in total. The van der Waals surface area contributed by atoms with Crippen LogP contribution in [0, 0.1) is 0 Å². The van der Waals surface area contributed by atoms with Crippen LogP contribution in [0.15, 0.2) is 47.5 Å². The molecule has 2 aromatic heterocycles. The Kier molecular flexibility index (Phi) is 3.95. The third-order valence-corrected chi connectivity index (χ3v) is 3.13. The van der Waals surface area contributed by atoms with E-state index in [1.807, 2.05) is 35.1 Å². The molecular formula is C15H17N5O. The molecule has 21 heavy (non-hydrogen) atoms. The summed E-state index contributed by atoms with van der Waals surface area (Å²) in [6, 6.07) is 7.90. The van der Waals surface area contributed by atoms with E-state index in [1.54, 1.807) is 0 Å². The fourth-order valence-corrected chi connectivity index (χ4v) is 2.08. The Hall–Kier alpha value is -2.63. The maximum absolute atomic E-state index is 5.16. The predicted octanol–water partition coefficient (Wildman–Crippen LogP) is 2.96. The molecule has 6 heteroatoms. The Labute approximate surface area is 122 Å². The lowest BCUT2D eigenvalue weighted by Gasteiger charge is -2.05. The van der Waals surface area contributed by atoms with Crippen molar-refractivity contribution in [1.82, 2.24) is 20.0 Å². The predicted molar refractivity (Wildman–Crippen MR) is 79.6 cm³/mol. The van der Waals surface area contributed by atoms with Crippen LogP contribution in [0.1, 0.15) is 18.9 Å². The van der Waals surface area contributed by atoms with Gasteiger partial charge in [0.15, 0.2) is 0 Å². The summed E-state index contributed by atoms with van der Waals surface area (Å²) < 4.78 is 7.13. The summed E-state index contributed by atoms with van der Waals surface area (Å²) in [5.74, 6) is 0.530. The quantitative estimate of drug-likeness (QED) is 0.753. The van der Waals surface area contributed by atoms with Gasteiger partial charge in [0, 0.05) is 36.1 Å². The van der Waals surface area contributed by atoms with Crippen LogP contribution in [0.2, 0.25) is 0 Å². The molecular weight excluding hydrogens is 266 g/mol. The first-order chi connectivity index (χ1) is 10.3. The molecule has 0 aliphatic rings. The van der Waals surface area contributed by atoms with Crippen molar-refractivity contribution in [3.8, 4) is 11.5 Å². The summed E-state index contributed by atoms with van der Waals surface area (Å²) >= 11 is 0. The second-order valence-corrected chi connectivity index (χ2v) is 4.79. The number of benzene rings is 1. The van der Waals surface area contributed by atoms with E-state index < -0.39 is 0 Å². The Bertz CT molecular complexity index is 672. The number of aromatic nitrogens is 4. The van der Waals surface area contributed by atoms with Gasteiger partial charge in [-0.25, -0.2) is 0 Å². The van der Waals surface area contributed by atoms with E-state index in [1.165, 1.54) is 12.0 Å². The van der Waals surface area contributed by atoms with Crippen LogP contribution in [-0.2, 0) is 13.1 Å². The number of anilines is 1. The standard InChI is InChI=1S/C15H17N5O/c1-2-7-20-10-12(9-18-20)8-16-14-5-3-13(4-6-14)15-19-17-11-21-15/h3-6,9-11,16H,2,7-8H2,1H3. The number of hydrogen-bond acceptors (Lipinski definition) is 5. The lowest BCUT2D eigenvalue weighted by Crippen LogP contribution is -1.99. The topological polar surface area (TPSA) is 68.8 Å². The molecule has 0 fully saturated rings. The monoisotopic (exact) mass is 283 g/mol. The van der Waals surface area contributed by atoms with Gasteiger partial charge in [-0.3, -0.25) is 4.68 Å². The van der Waals surface area contributed by atoms with Crippen molar-refractivity contribution < 1.29 is 4.42 Å². The van der Waals surface area contributed by atoms with E-state index in [-0.39, 0.29) is 0 Å². The van der Waals surface area contributed by atoms with Gasteiger partial charge in [0.25, 0.3) is 0 Å². The lowest BCUT2D eigenvalue weighted by atomic mass is 10.2. The van der Waals surface area contributed by atoms with Crippen LogP contribution in [0.5, 0.6) is 0 Å². The second kappa shape index (κ2) is 6.21. The number of rotatable bonds is 6. The average molecular weight is 283 g/mol. The van der Waals surface area contributed by atoms with E-state index in [2.05, 4.69) is 33.7 Å². The minimum atomic E-state index is 0.530. The van der Waals surface area contributed by atoms with E-state index in [4.69, 9.17) is 4.42 Å². The molecule has 0 unspecified atom stereocenters. The van der Waals surface area contributed by atoms with Crippen LogP contribution in [0.25, 0.3) is 11.5 Å². The van der Waals surface area contributed by atoms with E-state index in [0.29, 0.717) is 5.89 Å². The van der Waals surface area contributed by atoms with Crippen molar-refractivity contribution in [2.24, 2.45) is 0 Å². The summed E-state index contributed by atoms with van der Waals surface area (Å²) in [4.78, 5) is 0. The van der Waals surface area contributed by atoms with Gasteiger partial charge in [-0.15, -0.1) is 10.2 Å². The van der Waals surface area contributed by atoms with Gasteiger partial charge in [-0.05, 0) is 30.7 Å². The van der Waals surface area contributed by atoms with Crippen molar-refractivity contribution in [2.45, 2.75) is 26.4 Å². The maximum Gasteiger partial charge on any atom is 0.247 e. The Morgan fingerprint density at radius 1 is 1.24 bits per heavy atom. The Morgan fingerprint density at radius 2 is 2.10 bits per heavy atom. The van der Waals surface area contributed by atoms with Crippen LogP contribution in [0.3, 0.4) is 0 Å². The highest BCUT2D eigenvalue weighted by molar-refractivity contribution is 5.58. The zero-order chi connectivity index (χ0) is 14.5. The molecule has 2 heterocycles. The molecule has 1 aromatic carbocycles. The number of nitrogens with one attached hydrogen (secondary N) is 1. The van der Waals surface area contributed by atoms with Crippen LogP contribution in [-0.4, -0.2) is 20.0 Å². The summed E-state index contributed by atoms with van der Waals surface area (Å²) in [5.41, 5.74) is 3.12. The summed E-state index contributed by atoms with van der Waals surface area (Å²) in [6.45, 7) is 3.85. The Balaban J connectivity index is 1.60. The van der Waals surface area contributed by atoms with Crippen LogP contribution < -0.4 is 5.32 Å². The van der Waals surface area contributed by atoms with E-state index >= 15 is 0 Å². The van der Waals surface area contributed by atoms with Crippen molar-refractivity contribution in [1.29, 1.82) is 0 Å². The fourth-order valence-electron chi connectivity index (χ4n) is 2.08. The minimum absolute atomic E-state index is 0.530. The minimum Gasteiger partial charge on any atom is -0.423 e. The summed E-state index contributed by atoms with van der Waals surface area (Å²) in [5, 5.41) is 15.2. The molecule has 0 spiro atoms. The molecule has 0 saturated carbocycles. The van der Waals surface area contributed by atoms with Crippen molar-refractivity contribution >= 4 is 5.69 Å². The van der Waals surface area contributed by atoms with E-state index in [9.17, 15) is 0 Å². The number of hydrogen-bond donors (Lipinski definition) is 1. The molecule has 0 radical (unpaired) electrons. The maximum atomic E-state index is 5.16. The molecule has 3 aromatic rings. The molecule has 0 bridgehead atoms. The molecule has 0 saturated heterocycles. The molecule has 0 amide bonds. The summed E-state index contributed by atoms with van der Waals surface area (Å²) in [7, 11) is 0. The molecule has 6 nitrogen and oxygen atoms in total. The molecule has 0 aliphatic heterocycles. The fraction of sp³-hybridized carbons (Fsp3) is 0.267. The molecule has 3 rings (SSSR count). The number of nitrogens with zero attached hydrogens (tertiary/aromatic N) is 4. The third kappa shape index (κ3) is 3.28. The van der Waals surface area contributed by atoms with Gasteiger partial charge in [0.2, 0.25) is 12.3 Å². The third-order valence-electron chi connectivity index (χ3n) is 3.13. The zero-order valence-electron chi connectivity index (χ0n) is 11.9. The van der Waals surface area contributed by atoms with E-state index in [0.717, 1.165) is 30.8 Å². The zero-order valence-corrected chi connectivity index (χ0v) is 11.9. The van der Waals surface area contributed by atoms with Crippen molar-refractivity contribution in [3.63, 3.8) is 0 Å². The lowest BCUT2D eigenvalue weighted by molar-refractivity contribution is 0.568. The largest absolute Gasteiger partial charge is 0.423 e. The highest BCUT2D eigenvalue weighted by Crippen LogP contribution is 2.19. The number of aryl methyl sites for hydroxylation is 1. The van der Waals surface area contributed by atoms with Crippen molar-refractivity contribution in [3.05, 3.63) is 48.6 Å². The SMILES string of the molecule is CCCn1cc(CNc2ccc(-c3nnco3)cc2)cn1.